The van der Waals surface area contributed by atoms with E-state index in [2.05, 4.69) is 10.6 Å². The van der Waals surface area contributed by atoms with Crippen LogP contribution in [-0.4, -0.2) is 30.0 Å². The molecular formula is C14H17N3O3. The Hall–Kier alpha value is -2.21. The molecule has 106 valence electrons. The number of nitrogens with zero attached hydrogens (tertiary/aromatic N) is 1. The minimum absolute atomic E-state index is 0.0176. The standard InChI is InChI=1S/C14H17N3O3/c18-14(16-12-4-2-8-15-10-12)7-6-11-3-1-5-13(9-11)17(19)20/h1,3,5-7,9,12,15H,2,4,8,10H2,(H,16,18). The molecule has 1 unspecified atom stereocenters. The molecule has 2 rings (SSSR count). The number of nitro groups is 1. The lowest BCUT2D eigenvalue weighted by Crippen LogP contribution is -2.45. The van der Waals surface area contributed by atoms with Gasteiger partial charge in [0.15, 0.2) is 0 Å². The van der Waals surface area contributed by atoms with Crippen molar-refractivity contribution in [2.45, 2.75) is 18.9 Å². The number of piperidine rings is 1. The van der Waals surface area contributed by atoms with Gasteiger partial charge in [0.25, 0.3) is 5.69 Å². The zero-order valence-electron chi connectivity index (χ0n) is 11.0. The summed E-state index contributed by atoms with van der Waals surface area (Å²) in [6.45, 7) is 1.78. The van der Waals surface area contributed by atoms with Gasteiger partial charge in [-0.15, -0.1) is 0 Å². The van der Waals surface area contributed by atoms with Crippen LogP contribution in [0.15, 0.2) is 30.3 Å². The summed E-state index contributed by atoms with van der Waals surface area (Å²) in [5.74, 6) is -0.176. The van der Waals surface area contributed by atoms with Crippen LogP contribution in [0.2, 0.25) is 0 Å². The quantitative estimate of drug-likeness (QED) is 0.495. The number of hydrogen-bond donors (Lipinski definition) is 2. The first-order chi connectivity index (χ1) is 9.65. The zero-order chi connectivity index (χ0) is 14.4. The van der Waals surface area contributed by atoms with E-state index in [1.54, 1.807) is 18.2 Å². The summed E-state index contributed by atoms with van der Waals surface area (Å²) in [4.78, 5) is 21.9. The summed E-state index contributed by atoms with van der Waals surface area (Å²) >= 11 is 0. The van der Waals surface area contributed by atoms with Crippen LogP contribution in [-0.2, 0) is 4.79 Å². The van der Waals surface area contributed by atoms with Gasteiger partial charge >= 0.3 is 0 Å². The van der Waals surface area contributed by atoms with Gasteiger partial charge in [0, 0.05) is 30.8 Å². The highest BCUT2D eigenvalue weighted by molar-refractivity contribution is 5.92. The lowest BCUT2D eigenvalue weighted by atomic mass is 10.1. The Morgan fingerprint density at radius 3 is 3.05 bits per heavy atom. The summed E-state index contributed by atoms with van der Waals surface area (Å²) < 4.78 is 0. The van der Waals surface area contributed by atoms with Crippen LogP contribution < -0.4 is 10.6 Å². The second-order valence-electron chi connectivity index (χ2n) is 4.74. The van der Waals surface area contributed by atoms with E-state index in [1.165, 1.54) is 18.2 Å². The van der Waals surface area contributed by atoms with Gasteiger partial charge in [0.1, 0.15) is 0 Å². The topological polar surface area (TPSA) is 84.3 Å². The Labute approximate surface area is 117 Å². The molecule has 0 aliphatic carbocycles. The molecule has 0 radical (unpaired) electrons. The van der Waals surface area contributed by atoms with Crippen molar-refractivity contribution in [2.24, 2.45) is 0 Å². The summed E-state index contributed by atoms with van der Waals surface area (Å²) in [5, 5.41) is 16.8. The summed E-state index contributed by atoms with van der Waals surface area (Å²) in [5.41, 5.74) is 0.653. The third-order valence-electron chi connectivity index (χ3n) is 3.15. The molecule has 0 saturated carbocycles. The van der Waals surface area contributed by atoms with E-state index < -0.39 is 4.92 Å². The Balaban J connectivity index is 1.92. The van der Waals surface area contributed by atoms with Crippen molar-refractivity contribution in [2.75, 3.05) is 13.1 Å². The first-order valence-electron chi connectivity index (χ1n) is 6.59. The van der Waals surface area contributed by atoms with Crippen LogP contribution in [0.5, 0.6) is 0 Å². The average Bonchev–Trinajstić information content (AvgIpc) is 2.46. The lowest BCUT2D eigenvalue weighted by molar-refractivity contribution is -0.384. The third-order valence-corrected chi connectivity index (χ3v) is 3.15. The summed E-state index contributed by atoms with van der Waals surface area (Å²) in [7, 11) is 0. The molecule has 0 aromatic heterocycles. The van der Waals surface area contributed by atoms with E-state index in [0.29, 0.717) is 5.56 Å². The normalized spacial score (nSPS) is 18.9. The third kappa shape index (κ3) is 4.17. The Morgan fingerprint density at radius 1 is 1.50 bits per heavy atom. The molecule has 1 amide bonds. The van der Waals surface area contributed by atoms with Crippen molar-refractivity contribution in [3.8, 4) is 0 Å². The van der Waals surface area contributed by atoms with Crippen molar-refractivity contribution in [3.63, 3.8) is 0 Å². The summed E-state index contributed by atoms with van der Waals surface area (Å²) in [6, 6.07) is 6.34. The fourth-order valence-corrected chi connectivity index (χ4v) is 2.14. The van der Waals surface area contributed by atoms with Crippen LogP contribution in [0.4, 0.5) is 5.69 Å². The predicted molar refractivity (Wildman–Crippen MR) is 76.2 cm³/mol. The van der Waals surface area contributed by atoms with Crippen LogP contribution >= 0.6 is 0 Å². The fraction of sp³-hybridized carbons (Fsp3) is 0.357. The first kappa shape index (κ1) is 14.2. The van der Waals surface area contributed by atoms with E-state index in [-0.39, 0.29) is 17.6 Å². The highest BCUT2D eigenvalue weighted by Gasteiger charge is 2.13. The van der Waals surface area contributed by atoms with Gasteiger partial charge in [-0.05, 0) is 31.0 Å². The van der Waals surface area contributed by atoms with Crippen molar-refractivity contribution in [1.29, 1.82) is 0 Å². The molecule has 1 aromatic rings. The maximum Gasteiger partial charge on any atom is 0.270 e. The minimum Gasteiger partial charge on any atom is -0.349 e. The second-order valence-corrected chi connectivity index (χ2v) is 4.74. The van der Waals surface area contributed by atoms with Gasteiger partial charge in [0.2, 0.25) is 5.91 Å². The van der Waals surface area contributed by atoms with Gasteiger partial charge in [-0.2, -0.15) is 0 Å². The number of nitrogens with one attached hydrogen (secondary N) is 2. The Kier molecular flexibility index (Phi) is 4.84. The van der Waals surface area contributed by atoms with Gasteiger partial charge in [-0.1, -0.05) is 12.1 Å². The largest absolute Gasteiger partial charge is 0.349 e. The van der Waals surface area contributed by atoms with Crippen molar-refractivity contribution in [1.82, 2.24) is 10.6 Å². The van der Waals surface area contributed by atoms with Crippen LogP contribution in [0.1, 0.15) is 18.4 Å². The molecule has 1 atom stereocenters. The molecule has 1 fully saturated rings. The first-order valence-corrected chi connectivity index (χ1v) is 6.59. The maximum atomic E-state index is 11.7. The second kappa shape index (κ2) is 6.81. The van der Waals surface area contributed by atoms with Crippen LogP contribution in [0.25, 0.3) is 6.08 Å². The number of nitro benzene ring substituents is 1. The zero-order valence-corrected chi connectivity index (χ0v) is 11.0. The van der Waals surface area contributed by atoms with Crippen molar-refractivity contribution in [3.05, 3.63) is 46.0 Å². The molecule has 0 spiro atoms. The van der Waals surface area contributed by atoms with Crippen LogP contribution in [0.3, 0.4) is 0 Å². The molecule has 1 aliphatic heterocycles. The highest BCUT2D eigenvalue weighted by atomic mass is 16.6. The van der Waals surface area contributed by atoms with E-state index in [0.717, 1.165) is 25.9 Å². The summed E-state index contributed by atoms with van der Waals surface area (Å²) in [6.07, 6.45) is 5.02. The number of non-ortho nitro benzene ring substituents is 1. The lowest BCUT2D eigenvalue weighted by Gasteiger charge is -2.23. The molecule has 6 heteroatoms. The molecule has 1 heterocycles. The molecule has 20 heavy (non-hydrogen) atoms. The molecule has 1 saturated heterocycles. The molecule has 1 aromatic carbocycles. The highest BCUT2D eigenvalue weighted by Crippen LogP contribution is 2.14. The maximum absolute atomic E-state index is 11.7. The molecule has 2 N–H and O–H groups in total. The number of hydrogen-bond acceptors (Lipinski definition) is 4. The SMILES string of the molecule is O=C(C=Cc1cccc([N+](=O)[O-])c1)NC1CCCNC1. The van der Waals surface area contributed by atoms with Gasteiger partial charge in [-0.3, -0.25) is 14.9 Å². The molecular weight excluding hydrogens is 258 g/mol. The van der Waals surface area contributed by atoms with Gasteiger partial charge < -0.3 is 10.6 Å². The number of amides is 1. The average molecular weight is 275 g/mol. The molecule has 1 aliphatic rings. The van der Waals surface area contributed by atoms with Crippen molar-refractivity contribution < 1.29 is 9.72 Å². The Bertz CT molecular complexity index is 522. The molecule has 0 bridgehead atoms. The number of carbonyl (C=O) groups is 1. The van der Waals surface area contributed by atoms with E-state index in [9.17, 15) is 14.9 Å². The number of benzene rings is 1. The monoisotopic (exact) mass is 275 g/mol. The fourth-order valence-electron chi connectivity index (χ4n) is 2.14. The van der Waals surface area contributed by atoms with Gasteiger partial charge in [-0.25, -0.2) is 0 Å². The number of rotatable bonds is 4. The minimum atomic E-state index is -0.453. The smallest absolute Gasteiger partial charge is 0.270 e. The van der Waals surface area contributed by atoms with E-state index >= 15 is 0 Å². The van der Waals surface area contributed by atoms with Crippen molar-refractivity contribution >= 4 is 17.7 Å². The van der Waals surface area contributed by atoms with Gasteiger partial charge in [0.05, 0.1) is 4.92 Å². The number of carbonyl (C=O) groups excluding carboxylic acids is 1. The Morgan fingerprint density at radius 2 is 2.35 bits per heavy atom. The van der Waals surface area contributed by atoms with Crippen LogP contribution in [0, 0.1) is 10.1 Å². The van der Waals surface area contributed by atoms with E-state index in [1.807, 2.05) is 0 Å². The molecule has 6 nitrogen and oxygen atoms in total. The van der Waals surface area contributed by atoms with E-state index in [4.69, 9.17) is 0 Å². The predicted octanol–water partition coefficient (Wildman–Crippen LogP) is 1.48.